The van der Waals surface area contributed by atoms with Crippen LogP contribution in [0.25, 0.3) is 6.08 Å². The van der Waals surface area contributed by atoms with Crippen LogP contribution < -0.4 is 0 Å². The Morgan fingerprint density at radius 1 is 1.29 bits per heavy atom. The first-order chi connectivity index (χ1) is 6.68. The highest BCUT2D eigenvalue weighted by molar-refractivity contribution is 6.03. The predicted octanol–water partition coefficient (Wildman–Crippen LogP) is 1.88. The number of ketones is 1. The molecule has 0 amide bonds. The summed E-state index contributed by atoms with van der Waals surface area (Å²) in [6, 6.07) is 7.44. The first-order valence-corrected chi connectivity index (χ1v) is 4.73. The molecular formula is C12H12O2. The van der Waals surface area contributed by atoms with Crippen LogP contribution in [-0.4, -0.2) is 10.9 Å². The Balaban J connectivity index is 2.65. The second-order valence-electron chi connectivity index (χ2n) is 3.50. The van der Waals surface area contributed by atoms with Crippen LogP contribution in [0.5, 0.6) is 0 Å². The summed E-state index contributed by atoms with van der Waals surface area (Å²) in [7, 11) is 0. The van der Waals surface area contributed by atoms with E-state index < -0.39 is 5.60 Å². The van der Waals surface area contributed by atoms with Crippen molar-refractivity contribution >= 4 is 11.9 Å². The summed E-state index contributed by atoms with van der Waals surface area (Å²) in [5.41, 5.74) is 0.331. The Bertz CT molecular complexity index is 407. The van der Waals surface area contributed by atoms with E-state index in [4.69, 9.17) is 0 Å². The van der Waals surface area contributed by atoms with Crippen LogP contribution in [0, 0.1) is 0 Å². The third-order valence-corrected chi connectivity index (χ3v) is 2.74. The summed E-state index contributed by atoms with van der Waals surface area (Å²) in [4.78, 5) is 11.6. The molecule has 2 heteroatoms. The molecule has 0 saturated carbocycles. The highest BCUT2D eigenvalue weighted by Gasteiger charge is 2.37. The molecule has 1 aromatic rings. The molecule has 0 spiro atoms. The average Bonchev–Trinajstić information content (AvgIpc) is 2.24. The smallest absolute Gasteiger partial charge is 0.191 e. The van der Waals surface area contributed by atoms with E-state index in [1.165, 1.54) is 6.08 Å². The standard InChI is InChI=1S/C12H12O2/c1-2-12(14)10-6-4-3-5-9(10)7-8-11(12)13/h3-8,14H,2H2,1H3. The summed E-state index contributed by atoms with van der Waals surface area (Å²) in [6.45, 7) is 1.81. The minimum atomic E-state index is -1.31. The van der Waals surface area contributed by atoms with E-state index in [1.54, 1.807) is 12.1 Å². The van der Waals surface area contributed by atoms with Crippen molar-refractivity contribution < 1.29 is 9.90 Å². The molecule has 1 aliphatic rings. The van der Waals surface area contributed by atoms with Crippen molar-refractivity contribution in [2.75, 3.05) is 0 Å². The van der Waals surface area contributed by atoms with Gasteiger partial charge in [0, 0.05) is 0 Å². The molecule has 1 unspecified atom stereocenters. The van der Waals surface area contributed by atoms with Gasteiger partial charge in [-0.2, -0.15) is 0 Å². The van der Waals surface area contributed by atoms with Gasteiger partial charge in [0.1, 0.15) is 0 Å². The number of aliphatic hydroxyl groups is 1. The molecule has 1 aromatic carbocycles. The third kappa shape index (κ3) is 1.11. The molecule has 0 bridgehead atoms. The molecule has 2 rings (SSSR count). The minimum absolute atomic E-state index is 0.223. The van der Waals surface area contributed by atoms with Gasteiger partial charge in [0.05, 0.1) is 0 Å². The number of hydrogen-bond acceptors (Lipinski definition) is 2. The van der Waals surface area contributed by atoms with Crippen LogP contribution in [0.2, 0.25) is 0 Å². The zero-order valence-corrected chi connectivity index (χ0v) is 8.03. The zero-order chi connectivity index (χ0) is 10.2. The van der Waals surface area contributed by atoms with Crippen LogP contribution in [0.4, 0.5) is 0 Å². The van der Waals surface area contributed by atoms with Gasteiger partial charge in [-0.15, -0.1) is 0 Å². The largest absolute Gasteiger partial charge is 0.377 e. The van der Waals surface area contributed by atoms with Gasteiger partial charge >= 0.3 is 0 Å². The molecule has 2 nitrogen and oxygen atoms in total. The zero-order valence-electron chi connectivity index (χ0n) is 8.03. The highest BCUT2D eigenvalue weighted by Crippen LogP contribution is 2.33. The Morgan fingerprint density at radius 2 is 2.00 bits per heavy atom. The summed E-state index contributed by atoms with van der Waals surface area (Å²) in [5.74, 6) is -0.223. The maximum absolute atomic E-state index is 11.6. The van der Waals surface area contributed by atoms with Crippen molar-refractivity contribution in [3.8, 4) is 0 Å². The van der Waals surface area contributed by atoms with Crippen LogP contribution in [0.1, 0.15) is 24.5 Å². The third-order valence-electron chi connectivity index (χ3n) is 2.74. The maximum atomic E-state index is 11.6. The molecule has 0 fully saturated rings. The molecule has 1 aliphatic carbocycles. The minimum Gasteiger partial charge on any atom is -0.377 e. The molecule has 0 aromatic heterocycles. The number of hydrogen-bond donors (Lipinski definition) is 1. The van der Waals surface area contributed by atoms with Gasteiger partial charge in [-0.05, 0) is 23.6 Å². The van der Waals surface area contributed by atoms with Crippen molar-refractivity contribution in [1.29, 1.82) is 0 Å². The van der Waals surface area contributed by atoms with Crippen molar-refractivity contribution in [3.63, 3.8) is 0 Å². The van der Waals surface area contributed by atoms with E-state index in [9.17, 15) is 9.90 Å². The van der Waals surface area contributed by atoms with Gasteiger partial charge in [-0.3, -0.25) is 4.79 Å². The molecule has 14 heavy (non-hydrogen) atoms. The Kier molecular flexibility index (Phi) is 2.01. The second-order valence-corrected chi connectivity index (χ2v) is 3.50. The van der Waals surface area contributed by atoms with Gasteiger partial charge < -0.3 is 5.11 Å². The summed E-state index contributed by atoms with van der Waals surface area (Å²) in [5, 5.41) is 10.2. The molecule has 0 saturated heterocycles. The predicted molar refractivity (Wildman–Crippen MR) is 54.7 cm³/mol. The lowest BCUT2D eigenvalue weighted by molar-refractivity contribution is -0.133. The molecule has 72 valence electrons. The molecule has 1 atom stereocenters. The molecule has 1 N–H and O–H groups in total. The van der Waals surface area contributed by atoms with Crippen LogP contribution in [0.3, 0.4) is 0 Å². The Morgan fingerprint density at radius 3 is 2.71 bits per heavy atom. The normalized spacial score (nSPS) is 24.9. The van der Waals surface area contributed by atoms with E-state index in [0.717, 1.165) is 11.1 Å². The van der Waals surface area contributed by atoms with E-state index >= 15 is 0 Å². The van der Waals surface area contributed by atoms with Gasteiger partial charge in [0.25, 0.3) is 0 Å². The number of carbonyl (C=O) groups is 1. The van der Waals surface area contributed by atoms with Crippen LogP contribution >= 0.6 is 0 Å². The number of benzene rings is 1. The molecular weight excluding hydrogens is 176 g/mol. The fourth-order valence-electron chi connectivity index (χ4n) is 1.82. The Hall–Kier alpha value is -1.41. The van der Waals surface area contributed by atoms with E-state index in [2.05, 4.69) is 0 Å². The maximum Gasteiger partial charge on any atom is 0.191 e. The van der Waals surface area contributed by atoms with E-state index in [1.807, 2.05) is 25.1 Å². The Labute approximate surface area is 82.9 Å². The lowest BCUT2D eigenvalue weighted by atomic mass is 9.80. The van der Waals surface area contributed by atoms with Gasteiger partial charge in [0.2, 0.25) is 0 Å². The number of carbonyl (C=O) groups excluding carboxylic acids is 1. The lowest BCUT2D eigenvalue weighted by Gasteiger charge is -2.28. The van der Waals surface area contributed by atoms with Crippen molar-refractivity contribution in [2.45, 2.75) is 18.9 Å². The topological polar surface area (TPSA) is 37.3 Å². The van der Waals surface area contributed by atoms with Crippen LogP contribution in [-0.2, 0) is 10.4 Å². The molecule has 0 radical (unpaired) electrons. The van der Waals surface area contributed by atoms with E-state index in [0.29, 0.717) is 6.42 Å². The first-order valence-electron chi connectivity index (χ1n) is 4.73. The van der Waals surface area contributed by atoms with Crippen molar-refractivity contribution in [1.82, 2.24) is 0 Å². The second kappa shape index (κ2) is 3.07. The van der Waals surface area contributed by atoms with Crippen molar-refractivity contribution in [3.05, 3.63) is 41.5 Å². The summed E-state index contributed by atoms with van der Waals surface area (Å²) < 4.78 is 0. The average molecular weight is 188 g/mol. The number of rotatable bonds is 1. The highest BCUT2D eigenvalue weighted by atomic mass is 16.3. The molecule has 0 heterocycles. The SMILES string of the molecule is CCC1(O)C(=O)C=Cc2ccccc21. The van der Waals surface area contributed by atoms with Crippen LogP contribution in [0.15, 0.2) is 30.3 Å². The lowest BCUT2D eigenvalue weighted by Crippen LogP contribution is -2.36. The summed E-state index contributed by atoms with van der Waals surface area (Å²) >= 11 is 0. The monoisotopic (exact) mass is 188 g/mol. The van der Waals surface area contributed by atoms with Gasteiger partial charge in [-0.25, -0.2) is 0 Å². The quantitative estimate of drug-likeness (QED) is 0.730. The summed E-state index contributed by atoms with van der Waals surface area (Å²) in [6.07, 6.45) is 3.61. The fourth-order valence-corrected chi connectivity index (χ4v) is 1.82. The van der Waals surface area contributed by atoms with E-state index in [-0.39, 0.29) is 5.78 Å². The first kappa shape index (κ1) is 9.16. The number of fused-ring (bicyclic) bond motifs is 1. The van der Waals surface area contributed by atoms with Gasteiger partial charge in [-0.1, -0.05) is 37.3 Å². The van der Waals surface area contributed by atoms with Crippen molar-refractivity contribution in [2.24, 2.45) is 0 Å². The molecule has 0 aliphatic heterocycles. The van der Waals surface area contributed by atoms with Gasteiger partial charge in [0.15, 0.2) is 11.4 Å². The fraction of sp³-hybridized carbons (Fsp3) is 0.250.